The number of hydrazine groups is 1. The average molecular weight is 239 g/mol. The molecular weight excluding hydrogens is 222 g/mol. The zero-order valence-corrected chi connectivity index (χ0v) is 9.81. The first-order chi connectivity index (χ1) is 8.08. The first-order valence-corrected chi connectivity index (χ1v) is 5.93. The van der Waals surface area contributed by atoms with Gasteiger partial charge in [0, 0.05) is 0 Å². The normalized spacial score (nSPS) is 31.9. The molecule has 1 saturated carbocycles. The van der Waals surface area contributed by atoms with Gasteiger partial charge < -0.3 is 0 Å². The third kappa shape index (κ3) is 1.93. The van der Waals surface area contributed by atoms with Crippen molar-refractivity contribution in [1.29, 1.82) is 0 Å². The number of likely N-dealkylation sites (tertiary alicyclic amines) is 1. The summed E-state index contributed by atoms with van der Waals surface area (Å²) in [6, 6.07) is 0. The van der Waals surface area contributed by atoms with E-state index in [1.54, 1.807) is 0 Å². The summed E-state index contributed by atoms with van der Waals surface area (Å²) in [6.07, 6.45) is 2.54. The van der Waals surface area contributed by atoms with Crippen molar-refractivity contribution < 1.29 is 14.4 Å². The van der Waals surface area contributed by atoms with E-state index in [1.807, 2.05) is 5.43 Å². The average Bonchev–Trinajstić information content (AvgIpc) is 2.85. The Labute approximate surface area is 99.5 Å². The third-order valence-corrected chi connectivity index (χ3v) is 3.87. The molecular formula is C11H17N3O3. The molecule has 0 radical (unpaired) electrons. The Balaban J connectivity index is 2.08. The Morgan fingerprint density at radius 1 is 1.35 bits per heavy atom. The van der Waals surface area contributed by atoms with E-state index in [0.29, 0.717) is 5.92 Å². The fraction of sp³-hybridized carbons (Fsp3) is 0.727. The Bertz CT molecular complexity index is 345. The molecule has 0 spiro atoms. The second kappa shape index (κ2) is 4.44. The monoisotopic (exact) mass is 239 g/mol. The maximum Gasteiger partial charge on any atom is 0.254 e. The molecule has 0 bridgehead atoms. The van der Waals surface area contributed by atoms with Gasteiger partial charge in [0.2, 0.25) is 11.8 Å². The van der Waals surface area contributed by atoms with E-state index in [4.69, 9.17) is 5.84 Å². The summed E-state index contributed by atoms with van der Waals surface area (Å²) in [6.45, 7) is 1.82. The van der Waals surface area contributed by atoms with Crippen LogP contribution in [0.4, 0.5) is 0 Å². The summed E-state index contributed by atoms with van der Waals surface area (Å²) in [5, 5.41) is 0. The molecule has 1 saturated heterocycles. The molecule has 94 valence electrons. The lowest BCUT2D eigenvalue weighted by molar-refractivity contribution is -0.144. The van der Waals surface area contributed by atoms with Crippen molar-refractivity contribution in [1.82, 2.24) is 10.3 Å². The highest BCUT2D eigenvalue weighted by atomic mass is 16.2. The lowest BCUT2D eigenvalue weighted by atomic mass is 10.00. The highest BCUT2D eigenvalue weighted by Gasteiger charge is 2.52. The first-order valence-electron chi connectivity index (χ1n) is 5.93. The molecule has 2 rings (SSSR count). The zero-order chi connectivity index (χ0) is 12.6. The zero-order valence-electron chi connectivity index (χ0n) is 9.81. The van der Waals surface area contributed by atoms with Crippen molar-refractivity contribution in [3.05, 3.63) is 0 Å². The van der Waals surface area contributed by atoms with Crippen molar-refractivity contribution in [3.63, 3.8) is 0 Å². The molecule has 0 aromatic rings. The molecule has 0 aromatic carbocycles. The van der Waals surface area contributed by atoms with E-state index in [1.165, 1.54) is 0 Å². The number of nitrogens with one attached hydrogen (secondary N) is 1. The van der Waals surface area contributed by atoms with Gasteiger partial charge in [-0.15, -0.1) is 0 Å². The highest BCUT2D eigenvalue weighted by molar-refractivity contribution is 6.07. The minimum absolute atomic E-state index is 0.209. The number of imide groups is 1. The fourth-order valence-electron chi connectivity index (χ4n) is 2.88. The predicted octanol–water partition coefficient (Wildman–Crippen LogP) is -0.602. The van der Waals surface area contributed by atoms with Gasteiger partial charge in [-0.05, 0) is 18.8 Å². The molecule has 2 unspecified atom stereocenters. The summed E-state index contributed by atoms with van der Waals surface area (Å²) < 4.78 is 0. The lowest BCUT2D eigenvalue weighted by Gasteiger charge is -2.16. The van der Waals surface area contributed by atoms with Crippen LogP contribution in [0.1, 0.15) is 26.2 Å². The number of nitrogens with zero attached hydrogens (tertiary/aromatic N) is 1. The predicted molar refractivity (Wildman–Crippen MR) is 59.0 cm³/mol. The minimum Gasteiger partial charge on any atom is -0.293 e. The third-order valence-electron chi connectivity index (χ3n) is 3.87. The van der Waals surface area contributed by atoms with E-state index < -0.39 is 5.91 Å². The molecule has 2 fully saturated rings. The minimum atomic E-state index is -0.515. The van der Waals surface area contributed by atoms with Crippen molar-refractivity contribution in [3.8, 4) is 0 Å². The van der Waals surface area contributed by atoms with Gasteiger partial charge in [0.1, 0.15) is 6.54 Å². The number of rotatable bonds is 3. The van der Waals surface area contributed by atoms with Crippen LogP contribution in [0.25, 0.3) is 0 Å². The number of carbonyl (C=O) groups excluding carboxylic acids is 3. The Morgan fingerprint density at radius 2 is 1.88 bits per heavy atom. The van der Waals surface area contributed by atoms with Crippen molar-refractivity contribution in [2.24, 2.45) is 23.6 Å². The first kappa shape index (κ1) is 12.0. The van der Waals surface area contributed by atoms with E-state index in [9.17, 15) is 14.4 Å². The lowest BCUT2D eigenvalue weighted by Crippen LogP contribution is -2.43. The molecule has 6 heteroatoms. The SMILES string of the molecule is CCC1CC2C(=O)N(CC(=O)NN)C(=O)C2C1. The van der Waals surface area contributed by atoms with Gasteiger partial charge in [-0.25, -0.2) is 5.84 Å². The maximum absolute atomic E-state index is 12.0. The van der Waals surface area contributed by atoms with E-state index in [0.717, 1.165) is 24.2 Å². The standard InChI is InChI=1S/C11H17N3O3/c1-2-6-3-7-8(4-6)11(17)14(10(7)16)5-9(15)13-12/h6-8H,2-5,12H2,1H3,(H,13,15). The molecule has 1 heterocycles. The van der Waals surface area contributed by atoms with Crippen LogP contribution >= 0.6 is 0 Å². The Hall–Kier alpha value is -1.43. The maximum atomic E-state index is 12.0. The van der Waals surface area contributed by atoms with Crippen LogP contribution in [0.2, 0.25) is 0 Å². The van der Waals surface area contributed by atoms with Crippen LogP contribution in [-0.4, -0.2) is 29.2 Å². The molecule has 1 aliphatic heterocycles. The summed E-state index contributed by atoms with van der Waals surface area (Å²) >= 11 is 0. The van der Waals surface area contributed by atoms with Gasteiger partial charge in [-0.2, -0.15) is 0 Å². The van der Waals surface area contributed by atoms with E-state index >= 15 is 0 Å². The molecule has 6 nitrogen and oxygen atoms in total. The largest absolute Gasteiger partial charge is 0.293 e. The Morgan fingerprint density at radius 3 is 2.29 bits per heavy atom. The highest BCUT2D eigenvalue weighted by Crippen LogP contribution is 2.44. The fourth-order valence-corrected chi connectivity index (χ4v) is 2.88. The van der Waals surface area contributed by atoms with Crippen LogP contribution in [0.5, 0.6) is 0 Å². The van der Waals surface area contributed by atoms with Crippen LogP contribution in [0.3, 0.4) is 0 Å². The van der Waals surface area contributed by atoms with Crippen LogP contribution < -0.4 is 11.3 Å². The number of carbonyl (C=O) groups is 3. The summed E-state index contributed by atoms with van der Waals surface area (Å²) in [7, 11) is 0. The number of hydrogen-bond acceptors (Lipinski definition) is 4. The molecule has 3 N–H and O–H groups in total. The van der Waals surface area contributed by atoms with E-state index in [-0.39, 0.29) is 30.2 Å². The smallest absolute Gasteiger partial charge is 0.254 e. The number of fused-ring (bicyclic) bond motifs is 1. The summed E-state index contributed by atoms with van der Waals surface area (Å²) in [5.41, 5.74) is 1.93. The topological polar surface area (TPSA) is 92.5 Å². The number of nitrogens with two attached hydrogens (primary N) is 1. The van der Waals surface area contributed by atoms with Crippen molar-refractivity contribution in [2.75, 3.05) is 6.54 Å². The van der Waals surface area contributed by atoms with Gasteiger partial charge in [0.25, 0.3) is 5.91 Å². The van der Waals surface area contributed by atoms with Crippen molar-refractivity contribution in [2.45, 2.75) is 26.2 Å². The molecule has 2 atom stereocenters. The van der Waals surface area contributed by atoms with Gasteiger partial charge in [0.05, 0.1) is 11.8 Å². The quantitative estimate of drug-likeness (QED) is 0.297. The van der Waals surface area contributed by atoms with Crippen LogP contribution in [-0.2, 0) is 14.4 Å². The number of amides is 3. The molecule has 3 amide bonds. The molecule has 1 aliphatic carbocycles. The molecule has 0 aromatic heterocycles. The van der Waals surface area contributed by atoms with Crippen molar-refractivity contribution >= 4 is 17.7 Å². The van der Waals surface area contributed by atoms with Gasteiger partial charge >= 0.3 is 0 Å². The molecule has 17 heavy (non-hydrogen) atoms. The van der Waals surface area contributed by atoms with Gasteiger partial charge in [-0.1, -0.05) is 13.3 Å². The molecule has 2 aliphatic rings. The second-order valence-electron chi connectivity index (χ2n) is 4.79. The number of hydrogen-bond donors (Lipinski definition) is 2. The Kier molecular flexibility index (Phi) is 3.15. The second-order valence-corrected chi connectivity index (χ2v) is 4.79. The summed E-state index contributed by atoms with van der Waals surface area (Å²) in [4.78, 5) is 36.2. The van der Waals surface area contributed by atoms with Crippen LogP contribution in [0, 0.1) is 17.8 Å². The van der Waals surface area contributed by atoms with Gasteiger partial charge in [0.15, 0.2) is 0 Å². The van der Waals surface area contributed by atoms with E-state index in [2.05, 4.69) is 6.92 Å². The van der Waals surface area contributed by atoms with Gasteiger partial charge in [-0.3, -0.25) is 24.7 Å². The van der Waals surface area contributed by atoms with Crippen LogP contribution in [0.15, 0.2) is 0 Å². The summed E-state index contributed by atoms with van der Waals surface area (Å²) in [5.74, 6) is 4.06.